The lowest BCUT2D eigenvalue weighted by atomic mass is 9.85. The van der Waals surface area contributed by atoms with E-state index in [1.807, 2.05) is 6.92 Å². The summed E-state index contributed by atoms with van der Waals surface area (Å²) in [4.78, 5) is 41.9. The molecule has 1 heterocycles. The number of rotatable bonds is 3. The first-order chi connectivity index (χ1) is 19.7. The molecule has 2 rings (SSSR count). The molecule has 1 aliphatic heterocycles. The number of nitrogens with two attached hydrogens (primary N) is 2. The standard InChI is InChI=1S/C29H40N4O8S/c1-14-10-18-24(35)19(13-20(25(18)36)33-28(30)42)32-27(37)15(2)8-7-9-21(39-5)26(41-29(31)38)17(4)12-16(3)23(34)22(11-14)40-6/h7-9,12-14,16,21-23,26,34-35H,10-11H2,1-6H3,(H2,30,42)(H2,31,38)(H,32,37)/b9-7-,15-8+,17-12+,33-20+/t14-,16+,21+,22+,23-,26+/m1/s1. The number of aliphatic hydroxyl groups excluding tert-OH is 2. The van der Waals surface area contributed by atoms with Gasteiger partial charge in [-0.1, -0.05) is 38.2 Å². The van der Waals surface area contributed by atoms with Gasteiger partial charge in [0.25, 0.3) is 5.91 Å². The van der Waals surface area contributed by atoms with Crippen LogP contribution in [-0.2, 0) is 23.8 Å². The van der Waals surface area contributed by atoms with Gasteiger partial charge in [-0.3, -0.25) is 9.59 Å². The summed E-state index contributed by atoms with van der Waals surface area (Å²) in [6.45, 7) is 6.88. The molecule has 2 aliphatic rings. The van der Waals surface area contributed by atoms with Crippen LogP contribution in [0.3, 0.4) is 0 Å². The third-order valence-electron chi connectivity index (χ3n) is 7.01. The van der Waals surface area contributed by atoms with E-state index in [0.717, 1.165) is 0 Å². The molecule has 0 aromatic heterocycles. The van der Waals surface area contributed by atoms with Crippen molar-refractivity contribution in [3.8, 4) is 0 Å². The Balaban J connectivity index is 2.66. The van der Waals surface area contributed by atoms with Crippen molar-refractivity contribution < 1.29 is 38.8 Å². The molecule has 0 fully saturated rings. The number of fused-ring (bicyclic) bond motifs is 1. The Kier molecular flexibility index (Phi) is 12.8. The fraction of sp³-hybridized carbons (Fsp3) is 0.483. The van der Waals surface area contributed by atoms with Crippen LogP contribution < -0.4 is 16.8 Å². The lowest BCUT2D eigenvalue weighted by Gasteiger charge is -2.29. The SMILES string of the molecule is CO[C@H]1/C=C\C=C(/C)C(=O)NC2=C/C(=N\C(N)=S)C(=O)C(=C2O)C[C@@H](C)C[C@H](OC)[C@H](O)[C@@H](C)/C=C(\C)[C@@H]1OC(N)=O. The van der Waals surface area contributed by atoms with E-state index in [2.05, 4.69) is 10.3 Å². The number of thiocarbonyl (C=S) groups is 1. The fourth-order valence-electron chi connectivity index (χ4n) is 4.79. The first kappa shape index (κ1) is 34.6. The Morgan fingerprint density at radius 3 is 2.40 bits per heavy atom. The Bertz CT molecular complexity index is 1270. The number of carbonyl (C=O) groups is 3. The van der Waals surface area contributed by atoms with Gasteiger partial charge >= 0.3 is 6.09 Å². The summed E-state index contributed by atoms with van der Waals surface area (Å²) >= 11 is 4.85. The van der Waals surface area contributed by atoms with Gasteiger partial charge in [-0.05, 0) is 56.5 Å². The normalized spacial score (nSPS) is 32.6. The molecule has 0 unspecified atom stereocenters. The number of hydrogen-bond acceptors (Lipinski definition) is 9. The Hall–Kier alpha value is -3.65. The number of primary amides is 1. The summed E-state index contributed by atoms with van der Waals surface area (Å²) < 4.78 is 16.5. The third kappa shape index (κ3) is 9.18. The van der Waals surface area contributed by atoms with E-state index < -0.39 is 53.9 Å². The van der Waals surface area contributed by atoms with Gasteiger partial charge < -0.3 is 41.2 Å². The smallest absolute Gasteiger partial charge is 0.405 e. The molecule has 0 aromatic rings. The Morgan fingerprint density at radius 1 is 1.17 bits per heavy atom. The van der Waals surface area contributed by atoms with Crippen molar-refractivity contribution in [2.75, 3.05) is 14.2 Å². The molecule has 2 amide bonds. The highest BCUT2D eigenvalue weighted by Crippen LogP contribution is 2.29. The molecule has 0 radical (unpaired) electrons. The number of amides is 2. The van der Waals surface area contributed by atoms with Crippen LogP contribution in [0.15, 0.2) is 63.5 Å². The van der Waals surface area contributed by atoms with Crippen molar-refractivity contribution in [1.82, 2.24) is 5.32 Å². The average Bonchev–Trinajstić information content (AvgIpc) is 2.92. The number of ketones is 1. The van der Waals surface area contributed by atoms with Crippen molar-refractivity contribution >= 4 is 40.8 Å². The fourth-order valence-corrected chi connectivity index (χ4v) is 4.88. The molecule has 1 aliphatic carbocycles. The number of ether oxygens (including phenoxy) is 3. The predicted molar refractivity (Wildman–Crippen MR) is 161 cm³/mol. The monoisotopic (exact) mass is 604 g/mol. The maximum Gasteiger partial charge on any atom is 0.405 e. The zero-order valence-corrected chi connectivity index (χ0v) is 25.4. The number of nitrogens with one attached hydrogen (secondary N) is 1. The van der Waals surface area contributed by atoms with Crippen molar-refractivity contribution in [1.29, 1.82) is 0 Å². The molecule has 2 bridgehead atoms. The maximum absolute atomic E-state index is 13.2. The van der Waals surface area contributed by atoms with Crippen LogP contribution in [0.25, 0.3) is 0 Å². The molecule has 42 heavy (non-hydrogen) atoms. The molecule has 7 N–H and O–H groups in total. The summed E-state index contributed by atoms with van der Waals surface area (Å²) in [5.41, 5.74) is 11.5. The minimum absolute atomic E-state index is 0.0113. The predicted octanol–water partition coefficient (Wildman–Crippen LogP) is 2.44. The summed E-state index contributed by atoms with van der Waals surface area (Å²) in [5.74, 6) is -2.30. The zero-order chi connectivity index (χ0) is 31.7. The second kappa shape index (κ2) is 15.5. The zero-order valence-electron chi connectivity index (χ0n) is 24.6. The number of allylic oxidation sites excluding steroid dienone is 4. The summed E-state index contributed by atoms with van der Waals surface area (Å²) in [6.07, 6.45) is 3.58. The van der Waals surface area contributed by atoms with Crippen LogP contribution in [0.5, 0.6) is 0 Å². The topological polar surface area (TPSA) is 196 Å². The second-order valence-corrected chi connectivity index (χ2v) is 10.8. The van der Waals surface area contributed by atoms with Gasteiger partial charge in [0.15, 0.2) is 11.2 Å². The lowest BCUT2D eigenvalue weighted by Crippen LogP contribution is -2.37. The molecule has 12 nitrogen and oxygen atoms in total. The van der Waals surface area contributed by atoms with Crippen LogP contribution >= 0.6 is 12.2 Å². The molecule has 230 valence electrons. The summed E-state index contributed by atoms with van der Waals surface area (Å²) in [7, 11) is 2.89. The van der Waals surface area contributed by atoms with Gasteiger partial charge in [-0.25, -0.2) is 9.79 Å². The second-order valence-electron chi connectivity index (χ2n) is 10.4. The van der Waals surface area contributed by atoms with Gasteiger partial charge in [0, 0.05) is 31.3 Å². The lowest BCUT2D eigenvalue weighted by molar-refractivity contribution is -0.117. The van der Waals surface area contributed by atoms with Crippen LogP contribution in [0.1, 0.15) is 40.5 Å². The number of nitrogens with zero attached hydrogens (tertiary/aromatic N) is 1. The molecular formula is C29H40N4O8S. The van der Waals surface area contributed by atoms with E-state index in [1.54, 1.807) is 39.0 Å². The molecule has 0 spiro atoms. The molecule has 6 atom stereocenters. The number of hydrogen-bond donors (Lipinski definition) is 5. The van der Waals surface area contributed by atoms with Crippen molar-refractivity contribution in [3.05, 3.63) is 58.6 Å². The van der Waals surface area contributed by atoms with E-state index >= 15 is 0 Å². The van der Waals surface area contributed by atoms with Crippen LogP contribution in [0.4, 0.5) is 4.79 Å². The van der Waals surface area contributed by atoms with Crippen molar-refractivity contribution in [2.24, 2.45) is 28.3 Å². The molecule has 0 saturated carbocycles. The van der Waals surface area contributed by atoms with E-state index in [1.165, 1.54) is 26.4 Å². The molecular weight excluding hydrogens is 564 g/mol. The van der Waals surface area contributed by atoms with Crippen LogP contribution in [0, 0.1) is 11.8 Å². The van der Waals surface area contributed by atoms with E-state index in [-0.39, 0.29) is 40.0 Å². The number of aliphatic hydroxyl groups is 2. The molecule has 0 saturated heterocycles. The minimum Gasteiger partial charge on any atom is -0.505 e. The van der Waals surface area contributed by atoms with Gasteiger partial charge in [0.1, 0.15) is 17.6 Å². The first-order valence-corrected chi connectivity index (χ1v) is 13.7. The van der Waals surface area contributed by atoms with Crippen LogP contribution in [0.2, 0.25) is 0 Å². The Morgan fingerprint density at radius 2 is 1.83 bits per heavy atom. The van der Waals surface area contributed by atoms with E-state index in [4.69, 9.17) is 37.9 Å². The highest BCUT2D eigenvalue weighted by Gasteiger charge is 2.33. The summed E-state index contributed by atoms with van der Waals surface area (Å²) in [5, 5.41) is 24.5. The number of Topliss-reactive ketones (excluding diaryl/α,β-unsaturated/α-hetero) is 1. The van der Waals surface area contributed by atoms with Gasteiger partial charge in [-0.15, -0.1) is 0 Å². The number of aliphatic imine (C=N–C) groups is 1. The maximum atomic E-state index is 13.2. The number of methoxy groups -OCH3 is 2. The summed E-state index contributed by atoms with van der Waals surface area (Å²) in [6, 6.07) is 0. The third-order valence-corrected chi connectivity index (χ3v) is 7.10. The van der Waals surface area contributed by atoms with E-state index in [0.29, 0.717) is 12.0 Å². The Labute approximate surface area is 250 Å². The van der Waals surface area contributed by atoms with Crippen molar-refractivity contribution in [3.63, 3.8) is 0 Å². The van der Waals surface area contributed by atoms with Gasteiger partial charge in [-0.2, -0.15) is 0 Å². The average molecular weight is 605 g/mol. The molecule has 0 aromatic carbocycles. The first-order valence-electron chi connectivity index (χ1n) is 13.3. The van der Waals surface area contributed by atoms with Crippen molar-refractivity contribution in [2.45, 2.75) is 65.0 Å². The molecule has 13 heteroatoms. The highest BCUT2D eigenvalue weighted by molar-refractivity contribution is 7.80. The number of carbonyl (C=O) groups excluding carboxylic acids is 3. The van der Waals surface area contributed by atoms with Crippen LogP contribution in [-0.4, -0.2) is 77.5 Å². The highest BCUT2D eigenvalue weighted by atomic mass is 32.1. The quantitative estimate of drug-likeness (QED) is 0.181. The minimum atomic E-state index is -1.01. The van der Waals surface area contributed by atoms with Gasteiger partial charge in [0.05, 0.1) is 17.9 Å². The largest absolute Gasteiger partial charge is 0.505 e. The van der Waals surface area contributed by atoms with Gasteiger partial charge in [0.2, 0.25) is 5.78 Å². The van der Waals surface area contributed by atoms with E-state index in [9.17, 15) is 24.6 Å².